The van der Waals surface area contributed by atoms with Gasteiger partial charge in [-0.25, -0.2) is 14.8 Å². The van der Waals surface area contributed by atoms with E-state index in [-0.39, 0.29) is 42.3 Å². The molecule has 2 aliphatic rings. The number of hydrogen-bond acceptors (Lipinski definition) is 10. The number of likely N-dealkylation sites (tertiary alicyclic amines) is 1. The Kier molecular flexibility index (Phi) is 14.7. The topological polar surface area (TPSA) is 176 Å². The number of amidine groups is 1. The fourth-order valence-corrected chi connectivity index (χ4v) is 6.12. The number of piperidine rings is 1. The van der Waals surface area contributed by atoms with Crippen LogP contribution in [0, 0.1) is 6.92 Å². The van der Waals surface area contributed by atoms with Crippen molar-refractivity contribution in [3.8, 4) is 0 Å². The zero-order chi connectivity index (χ0) is 33.8. The zero-order valence-electron chi connectivity index (χ0n) is 27.1. The summed E-state index contributed by atoms with van der Waals surface area (Å²) in [6, 6.07) is 6.27. The number of rotatable bonds is 9. The van der Waals surface area contributed by atoms with Crippen LogP contribution in [-0.4, -0.2) is 114 Å². The maximum Gasteiger partial charge on any atom is 0.435 e. The number of benzene rings is 1. The largest absolute Gasteiger partial charge is 0.448 e. The van der Waals surface area contributed by atoms with Gasteiger partial charge in [0.2, 0.25) is 0 Å². The Morgan fingerprint density at radius 1 is 1.13 bits per heavy atom. The van der Waals surface area contributed by atoms with Crippen molar-refractivity contribution in [1.82, 2.24) is 25.1 Å². The Bertz CT molecular complexity index is 1360. The molecule has 2 amide bonds. The van der Waals surface area contributed by atoms with E-state index in [0.717, 1.165) is 38.2 Å². The van der Waals surface area contributed by atoms with Gasteiger partial charge >= 0.3 is 6.09 Å². The van der Waals surface area contributed by atoms with E-state index in [1.54, 1.807) is 19.1 Å². The maximum atomic E-state index is 12.1. The summed E-state index contributed by atoms with van der Waals surface area (Å²) >= 11 is 12.2. The van der Waals surface area contributed by atoms with Gasteiger partial charge in [-0.1, -0.05) is 43.1 Å². The summed E-state index contributed by atoms with van der Waals surface area (Å²) in [4.78, 5) is 42.8. The molecule has 2 aromatic rings. The summed E-state index contributed by atoms with van der Waals surface area (Å²) in [5, 5.41) is 12.1. The van der Waals surface area contributed by atoms with E-state index in [4.69, 9.17) is 39.8 Å². The second-order valence-electron chi connectivity index (χ2n) is 11.1. The highest BCUT2D eigenvalue weighted by Crippen LogP contribution is 2.29. The first-order valence-corrected chi connectivity index (χ1v) is 16.5. The minimum absolute atomic E-state index is 0.00874. The van der Waals surface area contributed by atoms with Crippen molar-refractivity contribution in [1.29, 1.82) is 0 Å². The molecule has 4 rings (SSSR count). The number of aromatic nitrogens is 2. The summed E-state index contributed by atoms with van der Waals surface area (Å²) in [6.45, 7) is 14.3. The highest BCUT2D eigenvalue weighted by molar-refractivity contribution is 6.32. The number of aryl methyl sites for hydroxylation is 1. The van der Waals surface area contributed by atoms with Crippen LogP contribution < -0.4 is 21.7 Å². The van der Waals surface area contributed by atoms with Crippen LogP contribution in [-0.2, 0) is 4.74 Å². The number of hydrogen-bond donors (Lipinski definition) is 4. The first-order chi connectivity index (χ1) is 22.0. The van der Waals surface area contributed by atoms with Crippen molar-refractivity contribution >= 4 is 52.7 Å². The van der Waals surface area contributed by atoms with Gasteiger partial charge in [-0.15, -0.1) is 0 Å². The second-order valence-corrected chi connectivity index (χ2v) is 11.9. The van der Waals surface area contributed by atoms with E-state index in [2.05, 4.69) is 53.6 Å². The standard InChI is InChI=1S/C20H34ClN7O2.C11H13ClN2O2/c1-3-14-13-27(10-11-28(14)15-5-8-26(4-2)9-6-15)19-17(21)24-16(18(22)25-19)20(30)23-7-12-29;1-3-16-11(15)14-10(13)9-6-8(12)5-4-7(9)2/h14-15,29H,3-13H2,1-2H3,(H2,22,25)(H,23,30);4-6H,3H2,1-2H3,(H2,13,14,15). The number of aliphatic hydroxyl groups excluding tert-OH is 1. The van der Waals surface area contributed by atoms with E-state index >= 15 is 0 Å². The van der Waals surface area contributed by atoms with Gasteiger partial charge in [-0.2, -0.15) is 4.99 Å². The van der Waals surface area contributed by atoms with Crippen LogP contribution >= 0.6 is 23.2 Å². The summed E-state index contributed by atoms with van der Waals surface area (Å²) in [5.74, 6) is 0.203. The monoisotopic (exact) mass is 679 g/mol. The van der Waals surface area contributed by atoms with Crippen LogP contribution in [0.2, 0.25) is 10.2 Å². The number of carbonyl (C=O) groups is 2. The Balaban J connectivity index is 0.000000304. The minimum atomic E-state index is -0.695. The minimum Gasteiger partial charge on any atom is -0.448 e. The third-order valence-electron chi connectivity index (χ3n) is 8.20. The number of aliphatic imine (C=N–C) groups is 1. The lowest BCUT2D eigenvalue weighted by Crippen LogP contribution is -2.58. The lowest BCUT2D eigenvalue weighted by atomic mass is 9.98. The number of nitrogens with one attached hydrogen (secondary N) is 1. The maximum absolute atomic E-state index is 12.1. The molecule has 0 saturated carbocycles. The highest BCUT2D eigenvalue weighted by Gasteiger charge is 2.34. The van der Waals surface area contributed by atoms with Crippen LogP contribution in [0.5, 0.6) is 0 Å². The van der Waals surface area contributed by atoms with E-state index in [1.807, 2.05) is 13.0 Å². The fourth-order valence-electron chi connectivity index (χ4n) is 5.70. The van der Waals surface area contributed by atoms with Crippen molar-refractivity contribution in [2.24, 2.45) is 10.7 Å². The quantitative estimate of drug-likeness (QED) is 0.226. The van der Waals surface area contributed by atoms with Gasteiger partial charge in [-0.3, -0.25) is 9.69 Å². The van der Waals surface area contributed by atoms with Crippen molar-refractivity contribution in [2.45, 2.75) is 59.0 Å². The predicted octanol–water partition coefficient (Wildman–Crippen LogP) is 3.33. The molecule has 15 heteroatoms. The number of anilines is 2. The second kappa shape index (κ2) is 18.2. The molecule has 13 nitrogen and oxygen atoms in total. The summed E-state index contributed by atoms with van der Waals surface area (Å²) in [6.07, 6.45) is 2.79. The number of ether oxygens (including phenoxy) is 1. The molecule has 0 bridgehead atoms. The SMILES string of the molecule is CCC1CN(c2nc(N)c(C(=O)NCCO)nc2Cl)CCN1C1CCN(CC)CC1.CCOC(=O)/N=C(\N)c1cc(Cl)ccc1C. The number of amides is 2. The van der Waals surface area contributed by atoms with Crippen molar-refractivity contribution in [3.63, 3.8) is 0 Å². The number of aliphatic hydroxyl groups is 1. The molecule has 2 aliphatic heterocycles. The molecule has 1 atom stereocenters. The van der Waals surface area contributed by atoms with Crippen LogP contribution in [0.1, 0.15) is 61.6 Å². The third kappa shape index (κ3) is 10.1. The van der Waals surface area contributed by atoms with Crippen LogP contribution in [0.4, 0.5) is 16.4 Å². The molecule has 2 saturated heterocycles. The van der Waals surface area contributed by atoms with Crippen LogP contribution in [0.3, 0.4) is 0 Å². The average molecular weight is 681 g/mol. The molecular weight excluding hydrogens is 633 g/mol. The van der Waals surface area contributed by atoms with E-state index < -0.39 is 12.0 Å². The third-order valence-corrected chi connectivity index (χ3v) is 8.69. The van der Waals surface area contributed by atoms with Gasteiger partial charge in [-0.05, 0) is 70.4 Å². The molecule has 1 unspecified atom stereocenters. The van der Waals surface area contributed by atoms with Gasteiger partial charge in [0.05, 0.1) is 13.2 Å². The predicted molar refractivity (Wildman–Crippen MR) is 183 cm³/mol. The van der Waals surface area contributed by atoms with Crippen LogP contribution in [0.25, 0.3) is 0 Å². The lowest BCUT2D eigenvalue weighted by Gasteiger charge is -2.47. The summed E-state index contributed by atoms with van der Waals surface area (Å²) in [5.41, 5.74) is 13.2. The van der Waals surface area contributed by atoms with Gasteiger partial charge in [0, 0.05) is 48.8 Å². The molecule has 0 spiro atoms. The molecule has 1 aromatic heterocycles. The Morgan fingerprint density at radius 3 is 2.48 bits per heavy atom. The number of nitrogens with zero attached hydrogens (tertiary/aromatic N) is 6. The number of carbonyl (C=O) groups excluding carboxylic acids is 2. The Hall–Kier alpha value is -3.23. The number of piperazine rings is 1. The Labute approximate surface area is 281 Å². The van der Waals surface area contributed by atoms with Gasteiger partial charge in [0.25, 0.3) is 5.91 Å². The summed E-state index contributed by atoms with van der Waals surface area (Å²) in [7, 11) is 0. The normalized spacial score (nSPS) is 18.1. The van der Waals surface area contributed by atoms with Gasteiger partial charge in [0.1, 0.15) is 5.84 Å². The summed E-state index contributed by atoms with van der Waals surface area (Å²) < 4.78 is 4.66. The number of nitrogen functional groups attached to an aromatic ring is 1. The van der Waals surface area contributed by atoms with E-state index in [1.165, 1.54) is 25.9 Å². The number of nitrogens with two attached hydrogens (primary N) is 2. The first kappa shape index (κ1) is 37.2. The van der Waals surface area contributed by atoms with E-state index in [0.29, 0.717) is 28.5 Å². The molecular formula is C31H47Cl2N9O4. The lowest BCUT2D eigenvalue weighted by molar-refractivity contribution is 0.0647. The molecule has 46 heavy (non-hydrogen) atoms. The average Bonchev–Trinajstić information content (AvgIpc) is 3.05. The smallest absolute Gasteiger partial charge is 0.435 e. The highest BCUT2D eigenvalue weighted by atomic mass is 35.5. The molecule has 0 aliphatic carbocycles. The van der Waals surface area contributed by atoms with E-state index in [9.17, 15) is 9.59 Å². The van der Waals surface area contributed by atoms with Crippen molar-refractivity contribution in [3.05, 3.63) is 45.2 Å². The molecule has 0 radical (unpaired) electrons. The Morgan fingerprint density at radius 2 is 1.85 bits per heavy atom. The zero-order valence-corrected chi connectivity index (χ0v) is 28.6. The molecule has 3 heterocycles. The van der Waals surface area contributed by atoms with Gasteiger partial charge in [0.15, 0.2) is 22.5 Å². The van der Waals surface area contributed by atoms with Crippen molar-refractivity contribution < 1.29 is 19.4 Å². The molecule has 2 fully saturated rings. The van der Waals surface area contributed by atoms with Crippen LogP contribution in [0.15, 0.2) is 23.2 Å². The molecule has 254 valence electrons. The number of halogens is 2. The molecule has 1 aromatic carbocycles. The van der Waals surface area contributed by atoms with Gasteiger partial charge < -0.3 is 36.4 Å². The fraction of sp³-hybridized carbons (Fsp3) is 0.581. The molecule has 6 N–H and O–H groups in total. The first-order valence-electron chi connectivity index (χ1n) is 15.7. The van der Waals surface area contributed by atoms with Crippen molar-refractivity contribution in [2.75, 3.05) is 69.7 Å².